The smallest absolute Gasteiger partial charge is 0.258 e. The zero-order valence-corrected chi connectivity index (χ0v) is 25.1. The SMILES string of the molecule is CCCCN(CCCC)C(=O)c1ccc2c(c1)C(=C(Nc1ccc(CN3CCCCC3)cc1)c1ccccc1)C(=O)N2. The van der Waals surface area contributed by atoms with Gasteiger partial charge in [-0.05, 0) is 80.2 Å². The highest BCUT2D eigenvalue weighted by molar-refractivity contribution is 6.37. The molecule has 3 aromatic rings. The summed E-state index contributed by atoms with van der Waals surface area (Å²) in [5.41, 5.74) is 6.51. The molecule has 0 atom stereocenters. The van der Waals surface area contributed by atoms with Gasteiger partial charge in [0, 0.05) is 42.1 Å². The first kappa shape index (κ1) is 29.6. The van der Waals surface area contributed by atoms with Crippen molar-refractivity contribution < 1.29 is 9.59 Å². The van der Waals surface area contributed by atoms with Crippen LogP contribution in [0.25, 0.3) is 11.3 Å². The molecule has 1 saturated heterocycles. The summed E-state index contributed by atoms with van der Waals surface area (Å²) in [6.45, 7) is 9.08. The minimum absolute atomic E-state index is 0.0249. The van der Waals surface area contributed by atoms with Crippen LogP contribution in [0.4, 0.5) is 11.4 Å². The van der Waals surface area contributed by atoms with Crippen LogP contribution in [0.5, 0.6) is 0 Å². The minimum atomic E-state index is -0.170. The molecular weight excluding hydrogens is 520 g/mol. The lowest BCUT2D eigenvalue weighted by Crippen LogP contribution is -2.33. The number of likely N-dealkylation sites (tertiary alicyclic amines) is 1. The standard InChI is InChI=1S/C36H44N4O2/c1-3-5-23-40(24-6-4-2)36(42)29-17-20-32-31(25-29)33(35(41)38-32)34(28-13-9-7-10-14-28)37-30-18-15-27(16-19-30)26-39-21-11-8-12-22-39/h7,9-10,13-20,25,37H,3-6,8,11-12,21-24,26H2,1-2H3,(H,38,41). The second-order valence-electron chi connectivity index (χ2n) is 11.5. The van der Waals surface area contributed by atoms with E-state index >= 15 is 0 Å². The van der Waals surface area contributed by atoms with Crippen LogP contribution in [0.1, 0.15) is 85.8 Å². The summed E-state index contributed by atoms with van der Waals surface area (Å²) in [6.07, 6.45) is 7.92. The van der Waals surface area contributed by atoms with E-state index in [0.29, 0.717) is 11.1 Å². The van der Waals surface area contributed by atoms with Crippen LogP contribution in [-0.4, -0.2) is 47.8 Å². The summed E-state index contributed by atoms with van der Waals surface area (Å²) < 4.78 is 0. The highest BCUT2D eigenvalue weighted by Gasteiger charge is 2.30. The van der Waals surface area contributed by atoms with E-state index < -0.39 is 0 Å². The minimum Gasteiger partial charge on any atom is -0.354 e. The molecule has 0 spiro atoms. The largest absolute Gasteiger partial charge is 0.354 e. The monoisotopic (exact) mass is 564 g/mol. The number of fused-ring (bicyclic) bond motifs is 1. The fourth-order valence-electron chi connectivity index (χ4n) is 5.84. The first-order valence-corrected chi connectivity index (χ1v) is 15.7. The molecule has 2 heterocycles. The number of amides is 2. The summed E-state index contributed by atoms with van der Waals surface area (Å²) in [7, 11) is 0. The number of rotatable bonds is 12. The Morgan fingerprint density at radius 1 is 0.857 bits per heavy atom. The van der Waals surface area contributed by atoms with Crippen molar-refractivity contribution in [3.8, 4) is 0 Å². The highest BCUT2D eigenvalue weighted by Crippen LogP contribution is 2.38. The first-order valence-electron chi connectivity index (χ1n) is 15.7. The number of hydrogen-bond acceptors (Lipinski definition) is 4. The summed E-state index contributed by atoms with van der Waals surface area (Å²) >= 11 is 0. The van der Waals surface area contributed by atoms with Crippen molar-refractivity contribution in [1.82, 2.24) is 9.80 Å². The first-order chi connectivity index (χ1) is 20.6. The molecule has 3 aromatic carbocycles. The van der Waals surface area contributed by atoms with Gasteiger partial charge >= 0.3 is 0 Å². The maximum Gasteiger partial charge on any atom is 0.258 e. The zero-order valence-electron chi connectivity index (χ0n) is 25.1. The molecule has 1 fully saturated rings. The third kappa shape index (κ3) is 7.11. The molecule has 6 heteroatoms. The number of piperidine rings is 1. The van der Waals surface area contributed by atoms with E-state index in [1.54, 1.807) is 0 Å². The fourth-order valence-corrected chi connectivity index (χ4v) is 5.84. The van der Waals surface area contributed by atoms with Crippen LogP contribution in [0, 0.1) is 0 Å². The van der Waals surface area contributed by atoms with Crippen molar-refractivity contribution in [1.29, 1.82) is 0 Å². The van der Waals surface area contributed by atoms with Gasteiger partial charge in [0.15, 0.2) is 0 Å². The average molecular weight is 565 g/mol. The number of carbonyl (C=O) groups is 2. The average Bonchev–Trinajstić information content (AvgIpc) is 3.36. The Hall–Kier alpha value is -3.90. The quantitative estimate of drug-likeness (QED) is 0.222. The number of unbranched alkanes of at least 4 members (excludes halogenated alkanes) is 2. The predicted molar refractivity (Wildman–Crippen MR) is 173 cm³/mol. The molecule has 0 aromatic heterocycles. The van der Waals surface area contributed by atoms with E-state index in [1.165, 1.54) is 24.8 Å². The van der Waals surface area contributed by atoms with E-state index in [-0.39, 0.29) is 11.8 Å². The molecule has 2 aliphatic rings. The molecule has 5 rings (SSSR count). The summed E-state index contributed by atoms with van der Waals surface area (Å²) in [4.78, 5) is 31.6. The molecule has 0 aliphatic carbocycles. The Morgan fingerprint density at radius 2 is 1.55 bits per heavy atom. The van der Waals surface area contributed by atoms with Gasteiger partial charge < -0.3 is 15.5 Å². The Kier molecular flexibility index (Phi) is 10.1. The number of anilines is 2. The van der Waals surface area contributed by atoms with E-state index in [0.717, 1.165) is 86.6 Å². The van der Waals surface area contributed by atoms with Crippen LogP contribution >= 0.6 is 0 Å². The lowest BCUT2D eigenvalue weighted by Gasteiger charge is -2.26. The van der Waals surface area contributed by atoms with Gasteiger partial charge in [0.2, 0.25) is 0 Å². The van der Waals surface area contributed by atoms with Crippen LogP contribution in [-0.2, 0) is 11.3 Å². The van der Waals surface area contributed by atoms with Gasteiger partial charge in [0.05, 0.1) is 11.3 Å². The van der Waals surface area contributed by atoms with Crippen LogP contribution in [0.15, 0.2) is 72.8 Å². The van der Waals surface area contributed by atoms with Crippen LogP contribution in [0.2, 0.25) is 0 Å². The zero-order chi connectivity index (χ0) is 29.3. The molecule has 6 nitrogen and oxygen atoms in total. The predicted octanol–water partition coefficient (Wildman–Crippen LogP) is 7.65. The fraction of sp³-hybridized carbons (Fsp3) is 0.389. The summed E-state index contributed by atoms with van der Waals surface area (Å²) in [5, 5.41) is 6.61. The van der Waals surface area contributed by atoms with Crippen LogP contribution in [0.3, 0.4) is 0 Å². The van der Waals surface area contributed by atoms with Crippen molar-refractivity contribution in [2.75, 3.05) is 36.8 Å². The number of hydrogen-bond donors (Lipinski definition) is 2. The lowest BCUT2D eigenvalue weighted by atomic mass is 9.98. The molecule has 0 unspecified atom stereocenters. The molecule has 0 radical (unpaired) electrons. The number of nitrogens with one attached hydrogen (secondary N) is 2. The number of nitrogens with zero attached hydrogens (tertiary/aromatic N) is 2. The molecule has 42 heavy (non-hydrogen) atoms. The number of carbonyl (C=O) groups excluding carboxylic acids is 2. The Balaban J connectivity index is 1.47. The maximum atomic E-state index is 13.6. The van der Waals surface area contributed by atoms with E-state index in [4.69, 9.17) is 0 Å². The van der Waals surface area contributed by atoms with Crippen molar-refractivity contribution in [2.24, 2.45) is 0 Å². The molecule has 0 saturated carbocycles. The van der Waals surface area contributed by atoms with Crippen molar-refractivity contribution >= 4 is 34.5 Å². The summed E-state index contributed by atoms with van der Waals surface area (Å²) in [6, 6.07) is 24.1. The van der Waals surface area contributed by atoms with E-state index in [2.05, 4.69) is 53.6 Å². The van der Waals surface area contributed by atoms with E-state index in [1.807, 2.05) is 53.4 Å². The third-order valence-electron chi connectivity index (χ3n) is 8.25. The molecule has 2 amide bonds. The van der Waals surface area contributed by atoms with Crippen molar-refractivity contribution in [3.05, 3.63) is 95.1 Å². The van der Waals surface area contributed by atoms with Gasteiger partial charge in [-0.1, -0.05) is 75.6 Å². The molecule has 2 aliphatic heterocycles. The van der Waals surface area contributed by atoms with Gasteiger partial charge in [0.25, 0.3) is 11.8 Å². The Labute approximate surface area is 250 Å². The topological polar surface area (TPSA) is 64.7 Å². The van der Waals surface area contributed by atoms with E-state index in [9.17, 15) is 9.59 Å². The van der Waals surface area contributed by atoms with Crippen LogP contribution < -0.4 is 10.6 Å². The summed E-state index contributed by atoms with van der Waals surface area (Å²) in [5.74, 6) is -0.145. The second-order valence-corrected chi connectivity index (χ2v) is 11.5. The third-order valence-corrected chi connectivity index (χ3v) is 8.25. The molecule has 220 valence electrons. The van der Waals surface area contributed by atoms with Gasteiger partial charge in [-0.3, -0.25) is 14.5 Å². The second kappa shape index (κ2) is 14.3. The van der Waals surface area contributed by atoms with Gasteiger partial charge in [0.1, 0.15) is 0 Å². The maximum absolute atomic E-state index is 13.6. The number of benzene rings is 3. The Morgan fingerprint density at radius 3 is 2.21 bits per heavy atom. The molecular formula is C36H44N4O2. The Bertz CT molecular complexity index is 1380. The normalized spacial score (nSPS) is 16.1. The van der Waals surface area contributed by atoms with Crippen molar-refractivity contribution in [2.45, 2.75) is 65.3 Å². The highest BCUT2D eigenvalue weighted by atomic mass is 16.2. The van der Waals surface area contributed by atoms with Gasteiger partial charge in [-0.25, -0.2) is 0 Å². The van der Waals surface area contributed by atoms with Gasteiger partial charge in [-0.2, -0.15) is 0 Å². The lowest BCUT2D eigenvalue weighted by molar-refractivity contribution is -0.110. The van der Waals surface area contributed by atoms with Gasteiger partial charge in [-0.15, -0.1) is 0 Å². The molecule has 0 bridgehead atoms. The van der Waals surface area contributed by atoms with Crippen molar-refractivity contribution in [3.63, 3.8) is 0 Å². The molecule has 2 N–H and O–H groups in total.